The molecule has 1 aliphatic rings. The van der Waals surface area contributed by atoms with E-state index in [0.29, 0.717) is 13.1 Å². The van der Waals surface area contributed by atoms with Crippen LogP contribution in [0.5, 0.6) is 0 Å². The molecular weight excluding hydrogens is 388 g/mol. The number of hydrogen-bond acceptors (Lipinski definition) is 3. The largest absolute Gasteiger partial charge is 0.354 e. The summed E-state index contributed by atoms with van der Waals surface area (Å²) in [6.45, 7) is 3.71. The lowest BCUT2D eigenvalue weighted by atomic mass is 9.84. The van der Waals surface area contributed by atoms with Gasteiger partial charge >= 0.3 is 6.03 Å². The quantitative estimate of drug-likeness (QED) is 0.583. The molecule has 3 N–H and O–H groups in total. The van der Waals surface area contributed by atoms with Crippen molar-refractivity contribution in [2.24, 2.45) is 4.99 Å². The number of nitrogens with one attached hydrogen (secondary N) is 3. The highest BCUT2D eigenvalue weighted by atomic mass is 16.2. The van der Waals surface area contributed by atoms with Crippen LogP contribution in [0.25, 0.3) is 0 Å². The normalized spacial score (nSPS) is 13.9. The average Bonchev–Trinajstić information content (AvgIpc) is 2.83. The summed E-state index contributed by atoms with van der Waals surface area (Å²) in [5.74, 6) is -0.520. The summed E-state index contributed by atoms with van der Waals surface area (Å²) in [7, 11) is 0. The van der Waals surface area contributed by atoms with Crippen LogP contribution >= 0.6 is 0 Å². The van der Waals surface area contributed by atoms with E-state index in [1.54, 1.807) is 6.21 Å². The Balaban J connectivity index is 1.84. The van der Waals surface area contributed by atoms with Crippen LogP contribution in [0.2, 0.25) is 0 Å². The maximum atomic E-state index is 13.1. The molecule has 0 aromatic heterocycles. The van der Waals surface area contributed by atoms with E-state index in [1.165, 1.54) is 0 Å². The van der Waals surface area contributed by atoms with Crippen LogP contribution in [-0.2, 0) is 4.79 Å². The van der Waals surface area contributed by atoms with Crippen molar-refractivity contribution in [3.63, 3.8) is 0 Å². The third-order valence-corrected chi connectivity index (χ3v) is 5.14. The molecule has 1 aliphatic heterocycles. The summed E-state index contributed by atoms with van der Waals surface area (Å²) in [6.07, 6.45) is 5.54. The lowest BCUT2D eigenvalue weighted by Gasteiger charge is -2.28. The molecule has 0 spiro atoms. The number of aliphatic imine (C=N–C) groups is 1. The molecule has 2 aromatic rings. The lowest BCUT2D eigenvalue weighted by Crippen LogP contribution is -2.53. The van der Waals surface area contributed by atoms with Gasteiger partial charge in [-0.1, -0.05) is 73.7 Å². The van der Waals surface area contributed by atoms with Gasteiger partial charge in [-0.05, 0) is 29.5 Å². The monoisotopic (exact) mass is 418 g/mol. The molecule has 3 rings (SSSR count). The molecule has 0 saturated heterocycles. The average molecular weight is 419 g/mol. The summed E-state index contributed by atoms with van der Waals surface area (Å²) in [6, 6.07) is 18.5. The number of amides is 3. The first-order valence-corrected chi connectivity index (χ1v) is 10.8. The second kappa shape index (κ2) is 11.7. The predicted octanol–water partition coefficient (Wildman–Crippen LogP) is 3.41. The van der Waals surface area contributed by atoms with E-state index in [4.69, 9.17) is 0 Å². The van der Waals surface area contributed by atoms with Crippen LogP contribution < -0.4 is 16.0 Å². The highest BCUT2D eigenvalue weighted by molar-refractivity contribution is 5.89. The van der Waals surface area contributed by atoms with E-state index < -0.39 is 6.04 Å². The summed E-state index contributed by atoms with van der Waals surface area (Å²) in [5, 5.41) is 8.74. The molecule has 31 heavy (non-hydrogen) atoms. The Labute approximate surface area is 183 Å². The van der Waals surface area contributed by atoms with Crippen LogP contribution in [0.15, 0.2) is 77.3 Å². The number of rotatable bonds is 9. The fraction of sp³-hybridized carbons (Fsp3) is 0.320. The number of nitrogens with zero attached hydrogens (tertiary/aromatic N) is 1. The van der Waals surface area contributed by atoms with Gasteiger partial charge in [0.05, 0.1) is 0 Å². The predicted molar refractivity (Wildman–Crippen MR) is 124 cm³/mol. The highest BCUT2D eigenvalue weighted by Gasteiger charge is 2.32. The fourth-order valence-electron chi connectivity index (χ4n) is 3.61. The third kappa shape index (κ3) is 6.54. The van der Waals surface area contributed by atoms with Crippen molar-refractivity contribution < 1.29 is 9.59 Å². The summed E-state index contributed by atoms with van der Waals surface area (Å²) < 4.78 is 0. The van der Waals surface area contributed by atoms with E-state index in [2.05, 4.69) is 27.0 Å². The molecule has 1 heterocycles. The smallest absolute Gasteiger partial charge is 0.315 e. The van der Waals surface area contributed by atoms with Crippen LogP contribution in [0.3, 0.4) is 0 Å². The first-order valence-electron chi connectivity index (χ1n) is 10.8. The fourth-order valence-corrected chi connectivity index (χ4v) is 3.61. The Morgan fingerprint density at radius 2 is 1.61 bits per heavy atom. The van der Waals surface area contributed by atoms with Crippen LogP contribution in [0, 0.1) is 0 Å². The minimum absolute atomic E-state index is 0.201. The minimum atomic E-state index is -0.759. The maximum absolute atomic E-state index is 13.1. The van der Waals surface area contributed by atoms with E-state index in [-0.39, 0.29) is 17.9 Å². The van der Waals surface area contributed by atoms with Crippen molar-refractivity contribution in [3.8, 4) is 0 Å². The summed E-state index contributed by atoms with van der Waals surface area (Å²) >= 11 is 0. The standard InChI is InChI=1S/C25H30N4O2/c1-2-15-27-24(30)23(29-25(31)28-18-19-10-9-16-26-17-19)22(20-11-5-3-6-12-20)21-13-7-4-8-14-21/h3-8,10-14,17,22-23H,2,9,15-16,18H2,1H3,(H,27,30)(H2,28,29,31)/t23-/m0/s1. The van der Waals surface area contributed by atoms with Gasteiger partial charge < -0.3 is 16.0 Å². The molecule has 0 unspecified atom stereocenters. The van der Waals surface area contributed by atoms with Gasteiger partial charge in [-0.2, -0.15) is 0 Å². The first kappa shape index (κ1) is 22.3. The summed E-state index contributed by atoms with van der Waals surface area (Å²) in [5.41, 5.74) is 2.90. The molecule has 0 aliphatic carbocycles. The van der Waals surface area contributed by atoms with Crippen molar-refractivity contribution in [2.45, 2.75) is 31.7 Å². The molecule has 0 fully saturated rings. The van der Waals surface area contributed by atoms with E-state index in [1.807, 2.05) is 67.6 Å². The van der Waals surface area contributed by atoms with E-state index in [9.17, 15) is 9.59 Å². The molecule has 6 heteroatoms. The zero-order chi connectivity index (χ0) is 21.9. The topological polar surface area (TPSA) is 82.6 Å². The molecular formula is C25H30N4O2. The van der Waals surface area contributed by atoms with Gasteiger partial charge in [-0.25, -0.2) is 4.79 Å². The Bertz CT molecular complexity index is 870. The number of carbonyl (C=O) groups is 2. The van der Waals surface area contributed by atoms with E-state index in [0.717, 1.165) is 36.1 Å². The lowest BCUT2D eigenvalue weighted by molar-refractivity contribution is -0.123. The van der Waals surface area contributed by atoms with Crippen molar-refractivity contribution in [1.29, 1.82) is 0 Å². The number of benzene rings is 2. The van der Waals surface area contributed by atoms with Crippen molar-refractivity contribution >= 4 is 18.2 Å². The second-order valence-corrected chi connectivity index (χ2v) is 7.50. The van der Waals surface area contributed by atoms with Crippen LogP contribution in [0.4, 0.5) is 4.79 Å². The van der Waals surface area contributed by atoms with Crippen LogP contribution in [0.1, 0.15) is 36.8 Å². The van der Waals surface area contributed by atoms with Crippen molar-refractivity contribution in [1.82, 2.24) is 16.0 Å². The number of urea groups is 1. The van der Waals surface area contributed by atoms with Crippen molar-refractivity contribution in [2.75, 3.05) is 19.6 Å². The SMILES string of the molecule is CCCNC(=O)[C@@H](NC(=O)NCC1=CCCN=C1)C(c1ccccc1)c1ccccc1. The maximum Gasteiger partial charge on any atom is 0.315 e. The van der Waals surface area contributed by atoms with Gasteiger partial charge in [-0.3, -0.25) is 9.79 Å². The molecule has 0 radical (unpaired) electrons. The molecule has 1 atom stereocenters. The Kier molecular flexibility index (Phi) is 8.40. The molecule has 0 saturated carbocycles. The summed E-state index contributed by atoms with van der Waals surface area (Å²) in [4.78, 5) is 30.2. The van der Waals surface area contributed by atoms with Gasteiger partial charge in [0.15, 0.2) is 0 Å². The van der Waals surface area contributed by atoms with E-state index >= 15 is 0 Å². The molecule has 2 aromatic carbocycles. The third-order valence-electron chi connectivity index (χ3n) is 5.14. The Hall–Kier alpha value is -3.41. The van der Waals surface area contributed by atoms with Gasteiger partial charge in [-0.15, -0.1) is 0 Å². The highest BCUT2D eigenvalue weighted by Crippen LogP contribution is 2.28. The molecule has 162 valence electrons. The van der Waals surface area contributed by atoms with Gasteiger partial charge in [0, 0.05) is 31.8 Å². The first-order chi connectivity index (χ1) is 15.2. The van der Waals surface area contributed by atoms with Gasteiger partial charge in [0.25, 0.3) is 0 Å². The zero-order valence-electron chi connectivity index (χ0n) is 17.9. The van der Waals surface area contributed by atoms with Gasteiger partial charge in [0.2, 0.25) is 5.91 Å². The minimum Gasteiger partial charge on any atom is -0.354 e. The number of carbonyl (C=O) groups excluding carboxylic acids is 2. The second-order valence-electron chi connectivity index (χ2n) is 7.50. The molecule has 6 nitrogen and oxygen atoms in total. The number of dihydropyridines is 1. The molecule has 3 amide bonds. The molecule has 0 bridgehead atoms. The zero-order valence-corrected chi connectivity index (χ0v) is 17.9. The Morgan fingerprint density at radius 3 is 2.16 bits per heavy atom. The number of hydrogen-bond donors (Lipinski definition) is 3. The van der Waals surface area contributed by atoms with Crippen molar-refractivity contribution in [3.05, 3.63) is 83.4 Å². The Morgan fingerprint density at radius 1 is 0.968 bits per heavy atom. The van der Waals surface area contributed by atoms with Crippen LogP contribution in [-0.4, -0.2) is 43.8 Å². The van der Waals surface area contributed by atoms with Gasteiger partial charge in [0.1, 0.15) is 6.04 Å².